The van der Waals surface area contributed by atoms with E-state index in [0.717, 1.165) is 0 Å². The molecule has 3 rings (SSSR count). The van der Waals surface area contributed by atoms with Gasteiger partial charge in [-0.1, -0.05) is 0 Å². The molecule has 2 aromatic rings. The number of hydrazone groups is 1. The molecule has 1 aromatic carbocycles. The molecule has 1 aromatic heterocycles. The van der Waals surface area contributed by atoms with E-state index >= 15 is 0 Å². The molecule has 0 atom stereocenters. The lowest BCUT2D eigenvalue weighted by atomic mass is 10.1. The summed E-state index contributed by atoms with van der Waals surface area (Å²) >= 11 is 0. The Balaban J connectivity index is 1.52. The predicted octanol–water partition coefficient (Wildman–Crippen LogP) is 0.563. The van der Waals surface area contributed by atoms with Crippen LogP contribution in [0.2, 0.25) is 0 Å². The van der Waals surface area contributed by atoms with Gasteiger partial charge >= 0.3 is 0 Å². The Morgan fingerprint density at radius 1 is 1.26 bits per heavy atom. The monoisotopic (exact) mass is 481 g/mol. The van der Waals surface area contributed by atoms with E-state index in [9.17, 15) is 19.6 Å². The fourth-order valence-corrected chi connectivity index (χ4v) is 3.48. The zero-order valence-electron chi connectivity index (χ0n) is 19.7. The van der Waals surface area contributed by atoms with Crippen molar-refractivity contribution in [3.63, 3.8) is 0 Å². The van der Waals surface area contributed by atoms with Crippen molar-refractivity contribution in [3.8, 4) is 11.8 Å². The summed E-state index contributed by atoms with van der Waals surface area (Å²) in [5.74, 6) is -0.0736. The highest BCUT2D eigenvalue weighted by molar-refractivity contribution is 5.82. The van der Waals surface area contributed by atoms with Gasteiger partial charge in [-0.05, 0) is 42.8 Å². The Morgan fingerprint density at radius 2 is 1.97 bits per heavy atom. The van der Waals surface area contributed by atoms with Crippen LogP contribution in [-0.2, 0) is 32.2 Å². The number of aryl methyl sites for hydroxylation is 1. The van der Waals surface area contributed by atoms with Crippen LogP contribution in [0, 0.1) is 18.3 Å². The summed E-state index contributed by atoms with van der Waals surface area (Å²) < 4.78 is 17.0. The Hall–Kier alpha value is -4.01. The summed E-state index contributed by atoms with van der Waals surface area (Å²) in [6.07, 6.45) is 1.44. The predicted molar refractivity (Wildman–Crippen MR) is 126 cm³/mol. The van der Waals surface area contributed by atoms with E-state index in [1.165, 1.54) is 17.9 Å². The largest absolute Gasteiger partial charge is 0.484 e. The van der Waals surface area contributed by atoms with Crippen molar-refractivity contribution in [2.75, 3.05) is 40.0 Å². The normalized spacial score (nSPS) is 13.5. The Kier molecular flexibility index (Phi) is 9.11. The van der Waals surface area contributed by atoms with E-state index in [1.54, 1.807) is 42.2 Å². The van der Waals surface area contributed by atoms with Gasteiger partial charge in [0.2, 0.25) is 0 Å². The van der Waals surface area contributed by atoms with Crippen molar-refractivity contribution in [1.82, 2.24) is 14.9 Å². The second-order valence-corrected chi connectivity index (χ2v) is 7.77. The zero-order valence-corrected chi connectivity index (χ0v) is 19.7. The van der Waals surface area contributed by atoms with Crippen molar-refractivity contribution in [2.24, 2.45) is 5.10 Å². The molecule has 0 saturated carbocycles. The third-order valence-electron chi connectivity index (χ3n) is 5.31. The molecular weight excluding hydrogens is 454 g/mol. The maximum absolute atomic E-state index is 12.6. The van der Waals surface area contributed by atoms with Crippen LogP contribution >= 0.6 is 0 Å². The third-order valence-corrected chi connectivity index (χ3v) is 5.31. The first-order valence-electron chi connectivity index (χ1n) is 11.0. The molecule has 1 aliphatic heterocycles. The van der Waals surface area contributed by atoms with Crippen LogP contribution in [-0.4, -0.2) is 67.5 Å². The van der Waals surface area contributed by atoms with Gasteiger partial charge in [-0.15, -0.1) is 0 Å². The van der Waals surface area contributed by atoms with Gasteiger partial charge in [0.15, 0.2) is 6.61 Å². The standard InChI is InChI=1S/C24H27N5O6/c1-17-11-19(15-33-2)21(12-25)24(32)29(17)14-22(30)27-26-13-18-3-5-20(6-4-18)35-16-23(31)28-7-9-34-10-8-28/h3-6,11,13H,7-10,14-16H2,1-2H3,(H,27,30)/b26-13-. The topological polar surface area (TPSA) is 135 Å². The number of hydrogen-bond acceptors (Lipinski definition) is 8. The van der Waals surface area contributed by atoms with Crippen molar-refractivity contribution >= 4 is 18.0 Å². The van der Waals surface area contributed by atoms with Gasteiger partial charge in [0.05, 0.1) is 26.0 Å². The third kappa shape index (κ3) is 6.99. The highest BCUT2D eigenvalue weighted by atomic mass is 16.5. The minimum absolute atomic E-state index is 0.0531. The Labute approximate surface area is 202 Å². The minimum atomic E-state index is -0.554. The number of morpholine rings is 1. The van der Waals surface area contributed by atoms with Gasteiger partial charge in [-0.25, -0.2) is 5.43 Å². The molecule has 1 saturated heterocycles. The first kappa shape index (κ1) is 25.6. The second-order valence-electron chi connectivity index (χ2n) is 7.77. The van der Waals surface area contributed by atoms with Crippen molar-refractivity contribution in [2.45, 2.75) is 20.1 Å². The fourth-order valence-electron chi connectivity index (χ4n) is 3.48. The highest BCUT2D eigenvalue weighted by Crippen LogP contribution is 2.12. The summed E-state index contributed by atoms with van der Waals surface area (Å²) in [4.78, 5) is 38.7. The molecule has 1 aliphatic rings. The molecule has 11 nitrogen and oxygen atoms in total. The van der Waals surface area contributed by atoms with Gasteiger partial charge in [0.25, 0.3) is 17.4 Å². The molecule has 2 amide bonds. The number of aromatic nitrogens is 1. The molecule has 0 radical (unpaired) electrons. The molecule has 0 spiro atoms. The molecular formula is C24H27N5O6. The van der Waals surface area contributed by atoms with Gasteiger partial charge in [-0.3, -0.25) is 14.4 Å². The SMILES string of the molecule is COCc1cc(C)n(CC(=O)N/N=C\c2ccc(OCC(=O)N3CCOCC3)cc2)c(=O)c1C#N. The minimum Gasteiger partial charge on any atom is -0.484 e. The summed E-state index contributed by atoms with van der Waals surface area (Å²) in [6.45, 7) is 3.67. The number of nitrogens with zero attached hydrogens (tertiary/aromatic N) is 4. The number of benzene rings is 1. The van der Waals surface area contributed by atoms with E-state index in [2.05, 4.69) is 10.5 Å². The molecule has 0 bridgehead atoms. The molecule has 11 heteroatoms. The Morgan fingerprint density at radius 3 is 2.63 bits per heavy atom. The lowest BCUT2D eigenvalue weighted by Crippen LogP contribution is -2.42. The van der Waals surface area contributed by atoms with Crippen molar-refractivity contribution < 1.29 is 23.8 Å². The molecule has 184 valence electrons. The summed E-state index contributed by atoms with van der Waals surface area (Å²) in [5.41, 5.74) is 3.47. The number of carbonyl (C=O) groups excluding carboxylic acids is 2. The molecule has 35 heavy (non-hydrogen) atoms. The summed E-state index contributed by atoms with van der Waals surface area (Å²) in [7, 11) is 1.47. The van der Waals surface area contributed by atoms with Crippen molar-refractivity contribution in [3.05, 3.63) is 63.1 Å². The van der Waals surface area contributed by atoms with Gasteiger partial charge in [0.1, 0.15) is 23.9 Å². The van der Waals surface area contributed by atoms with Crippen LogP contribution in [0.15, 0.2) is 40.2 Å². The van der Waals surface area contributed by atoms with Crippen LogP contribution in [0.3, 0.4) is 0 Å². The van der Waals surface area contributed by atoms with Crippen LogP contribution in [0.1, 0.15) is 22.4 Å². The average molecular weight is 482 g/mol. The molecule has 0 aliphatic carbocycles. The van der Waals surface area contributed by atoms with Gasteiger partial charge < -0.3 is 23.7 Å². The smallest absolute Gasteiger partial charge is 0.269 e. The number of methoxy groups -OCH3 is 1. The van der Waals surface area contributed by atoms with Gasteiger partial charge in [-0.2, -0.15) is 10.4 Å². The van der Waals surface area contributed by atoms with Crippen LogP contribution < -0.4 is 15.7 Å². The summed E-state index contributed by atoms with van der Waals surface area (Å²) in [6, 6.07) is 10.4. The molecule has 2 heterocycles. The molecule has 1 fully saturated rings. The number of nitriles is 1. The maximum Gasteiger partial charge on any atom is 0.269 e. The number of ether oxygens (including phenoxy) is 3. The number of hydrogen-bond donors (Lipinski definition) is 1. The number of carbonyl (C=O) groups is 2. The first-order chi connectivity index (χ1) is 16.9. The van der Waals surface area contributed by atoms with E-state index in [4.69, 9.17) is 14.2 Å². The number of nitrogens with one attached hydrogen (secondary N) is 1. The van der Waals surface area contributed by atoms with Crippen LogP contribution in [0.25, 0.3) is 0 Å². The zero-order chi connectivity index (χ0) is 25.2. The number of pyridine rings is 1. The fraction of sp³-hybridized carbons (Fsp3) is 0.375. The lowest BCUT2D eigenvalue weighted by molar-refractivity contribution is -0.137. The first-order valence-corrected chi connectivity index (χ1v) is 11.0. The highest BCUT2D eigenvalue weighted by Gasteiger charge is 2.17. The van der Waals surface area contributed by atoms with E-state index in [-0.39, 0.29) is 31.2 Å². The van der Waals surface area contributed by atoms with Crippen molar-refractivity contribution in [1.29, 1.82) is 5.26 Å². The number of rotatable bonds is 9. The maximum atomic E-state index is 12.6. The average Bonchev–Trinajstić information content (AvgIpc) is 2.86. The second kappa shape index (κ2) is 12.5. The van der Waals surface area contributed by atoms with Crippen LogP contribution in [0.5, 0.6) is 5.75 Å². The van der Waals surface area contributed by atoms with Gasteiger partial charge in [0, 0.05) is 31.5 Å². The van der Waals surface area contributed by atoms with E-state index in [0.29, 0.717) is 48.9 Å². The summed E-state index contributed by atoms with van der Waals surface area (Å²) in [5, 5.41) is 13.2. The quantitative estimate of drug-likeness (QED) is 0.408. The Bertz CT molecular complexity index is 1180. The van der Waals surface area contributed by atoms with E-state index in [1.807, 2.05) is 6.07 Å². The van der Waals surface area contributed by atoms with E-state index < -0.39 is 11.5 Å². The molecule has 0 unspecified atom stereocenters. The van der Waals surface area contributed by atoms with Crippen LogP contribution in [0.4, 0.5) is 0 Å². The molecule has 1 N–H and O–H groups in total. The lowest BCUT2D eigenvalue weighted by Gasteiger charge is -2.26. The number of amides is 2.